The molecule has 4 aromatic rings. The summed E-state index contributed by atoms with van der Waals surface area (Å²) in [5.74, 6) is 0.776. The number of carbonyl (C=O) groups is 1. The van der Waals surface area contributed by atoms with Gasteiger partial charge in [0.25, 0.3) is 0 Å². The van der Waals surface area contributed by atoms with Crippen LogP contribution in [-0.2, 0) is 6.18 Å². The van der Waals surface area contributed by atoms with Gasteiger partial charge >= 0.3 is 6.18 Å². The summed E-state index contributed by atoms with van der Waals surface area (Å²) in [4.78, 5) is 19.8. The molecule has 5 rings (SSSR count). The highest BCUT2D eigenvalue weighted by molar-refractivity contribution is 5.98. The van der Waals surface area contributed by atoms with Gasteiger partial charge in [0.15, 0.2) is 5.78 Å². The lowest BCUT2D eigenvalue weighted by Crippen LogP contribution is -2.10. The molecule has 0 aliphatic heterocycles. The van der Waals surface area contributed by atoms with Gasteiger partial charge in [-0.05, 0) is 54.3 Å². The number of anilines is 2. The number of nitrogens with zero attached hydrogens (tertiary/aromatic N) is 1. The SMILES string of the molecule is O=C(c1ccc(-c2ccc(Nc3nc4ccc(C(F)(F)F)cc4[nH]3)cc2)cc1)C1CCCC1. The molecule has 4 nitrogen and oxygen atoms in total. The molecule has 0 saturated heterocycles. The van der Waals surface area contributed by atoms with Crippen LogP contribution in [0, 0.1) is 5.92 Å². The van der Waals surface area contributed by atoms with Crippen LogP contribution in [-0.4, -0.2) is 15.8 Å². The van der Waals surface area contributed by atoms with Gasteiger partial charge in [-0.2, -0.15) is 13.2 Å². The van der Waals surface area contributed by atoms with Crippen LogP contribution in [0.15, 0.2) is 66.7 Å². The Morgan fingerprint density at radius 2 is 1.55 bits per heavy atom. The lowest BCUT2D eigenvalue weighted by atomic mass is 9.94. The van der Waals surface area contributed by atoms with E-state index in [1.807, 2.05) is 48.5 Å². The van der Waals surface area contributed by atoms with Crippen LogP contribution < -0.4 is 5.32 Å². The van der Waals surface area contributed by atoms with E-state index in [4.69, 9.17) is 0 Å². The molecule has 0 bridgehead atoms. The van der Waals surface area contributed by atoms with Crippen molar-refractivity contribution in [3.8, 4) is 11.1 Å². The van der Waals surface area contributed by atoms with Gasteiger partial charge in [-0.3, -0.25) is 4.79 Å². The minimum Gasteiger partial charge on any atom is -0.326 e. The lowest BCUT2D eigenvalue weighted by Gasteiger charge is -2.09. The molecule has 168 valence electrons. The number of H-pyrrole nitrogens is 1. The Hall–Kier alpha value is -3.61. The summed E-state index contributed by atoms with van der Waals surface area (Å²) in [6.45, 7) is 0. The molecule has 0 spiro atoms. The van der Waals surface area contributed by atoms with E-state index >= 15 is 0 Å². The topological polar surface area (TPSA) is 57.8 Å². The number of halogens is 3. The Kier molecular flexibility index (Phi) is 5.40. The third-order valence-corrected chi connectivity index (χ3v) is 6.19. The molecule has 0 atom stereocenters. The van der Waals surface area contributed by atoms with Crippen LogP contribution in [0.1, 0.15) is 41.6 Å². The van der Waals surface area contributed by atoms with Crippen LogP contribution in [0.3, 0.4) is 0 Å². The normalized spacial score (nSPS) is 14.6. The van der Waals surface area contributed by atoms with Gasteiger partial charge in [-0.25, -0.2) is 4.98 Å². The molecule has 3 aromatic carbocycles. The Morgan fingerprint density at radius 1 is 0.909 bits per heavy atom. The third kappa shape index (κ3) is 4.49. The van der Waals surface area contributed by atoms with E-state index in [9.17, 15) is 18.0 Å². The molecule has 2 N–H and O–H groups in total. The predicted molar refractivity (Wildman–Crippen MR) is 123 cm³/mol. The second kappa shape index (κ2) is 8.39. The summed E-state index contributed by atoms with van der Waals surface area (Å²) >= 11 is 0. The molecule has 1 aliphatic carbocycles. The van der Waals surface area contributed by atoms with Crippen molar-refractivity contribution >= 4 is 28.5 Å². The van der Waals surface area contributed by atoms with Gasteiger partial charge in [-0.1, -0.05) is 49.2 Å². The van der Waals surface area contributed by atoms with Crippen LogP contribution >= 0.6 is 0 Å². The largest absolute Gasteiger partial charge is 0.416 e. The van der Waals surface area contributed by atoms with Crippen molar-refractivity contribution in [1.82, 2.24) is 9.97 Å². The molecule has 1 fully saturated rings. The average molecular weight is 449 g/mol. The lowest BCUT2D eigenvalue weighted by molar-refractivity contribution is -0.137. The number of ketones is 1. The molecule has 1 saturated carbocycles. The highest BCUT2D eigenvalue weighted by atomic mass is 19.4. The predicted octanol–water partition coefficient (Wildman–Crippen LogP) is 7.37. The van der Waals surface area contributed by atoms with Crippen LogP contribution in [0.5, 0.6) is 0 Å². The van der Waals surface area contributed by atoms with Crippen molar-refractivity contribution in [1.29, 1.82) is 0 Å². The Bertz CT molecular complexity index is 1290. The molecule has 7 heteroatoms. The first-order valence-corrected chi connectivity index (χ1v) is 11.0. The van der Waals surface area contributed by atoms with Crippen molar-refractivity contribution in [2.24, 2.45) is 5.92 Å². The summed E-state index contributed by atoms with van der Waals surface area (Å²) in [5, 5.41) is 3.09. The zero-order valence-corrected chi connectivity index (χ0v) is 17.7. The van der Waals surface area contributed by atoms with Gasteiger partial charge in [0, 0.05) is 17.2 Å². The first-order valence-electron chi connectivity index (χ1n) is 11.0. The standard InChI is InChI=1S/C26H22F3N3O/c27-26(28,29)20-11-14-22-23(15-20)32-25(31-22)30-21-12-9-17(10-13-21)16-5-7-19(8-6-16)24(33)18-3-1-2-4-18/h5-15,18H,1-4H2,(H2,30,31,32). The van der Waals surface area contributed by atoms with E-state index in [2.05, 4.69) is 15.3 Å². The van der Waals surface area contributed by atoms with E-state index in [0.717, 1.165) is 60.2 Å². The third-order valence-electron chi connectivity index (χ3n) is 6.19. The van der Waals surface area contributed by atoms with E-state index < -0.39 is 11.7 Å². The quantitative estimate of drug-likeness (QED) is 0.313. The second-order valence-corrected chi connectivity index (χ2v) is 8.44. The molecule has 1 aliphatic rings. The fourth-order valence-electron chi connectivity index (χ4n) is 4.38. The molecule has 33 heavy (non-hydrogen) atoms. The molecule has 0 amide bonds. The minimum atomic E-state index is -4.40. The van der Waals surface area contributed by atoms with Gasteiger partial charge < -0.3 is 10.3 Å². The number of aromatic amines is 1. The fraction of sp³-hybridized carbons (Fsp3) is 0.231. The number of hydrogen-bond donors (Lipinski definition) is 2. The van der Waals surface area contributed by atoms with Gasteiger partial charge in [-0.15, -0.1) is 0 Å². The van der Waals surface area contributed by atoms with Crippen LogP contribution in [0.4, 0.5) is 24.8 Å². The number of alkyl halides is 3. The zero-order valence-electron chi connectivity index (χ0n) is 17.7. The van der Waals surface area contributed by atoms with E-state index in [1.54, 1.807) is 0 Å². The summed E-state index contributed by atoms with van der Waals surface area (Å²) in [5.41, 5.74) is 3.58. The molecule has 0 unspecified atom stereocenters. The Morgan fingerprint density at radius 3 is 2.18 bits per heavy atom. The van der Waals surface area contributed by atoms with Crippen molar-refractivity contribution in [2.45, 2.75) is 31.9 Å². The summed E-state index contributed by atoms with van der Waals surface area (Å²) in [6, 6.07) is 18.8. The minimum absolute atomic E-state index is 0.166. The summed E-state index contributed by atoms with van der Waals surface area (Å²) < 4.78 is 38.7. The van der Waals surface area contributed by atoms with Crippen molar-refractivity contribution in [3.63, 3.8) is 0 Å². The first kappa shape index (κ1) is 21.2. The molecule has 1 heterocycles. The number of Topliss-reactive ketones (excluding diaryl/α,β-unsaturated/α-hetero) is 1. The molecule has 1 aromatic heterocycles. The first-order chi connectivity index (χ1) is 15.9. The summed E-state index contributed by atoms with van der Waals surface area (Å²) in [7, 11) is 0. The number of nitrogens with one attached hydrogen (secondary N) is 2. The average Bonchev–Trinajstić information content (AvgIpc) is 3.48. The number of fused-ring (bicyclic) bond motifs is 1. The van der Waals surface area contributed by atoms with Crippen LogP contribution in [0.25, 0.3) is 22.2 Å². The maximum Gasteiger partial charge on any atom is 0.416 e. The van der Waals surface area contributed by atoms with E-state index in [-0.39, 0.29) is 11.7 Å². The maximum absolute atomic E-state index is 12.9. The molecular weight excluding hydrogens is 427 g/mol. The number of benzene rings is 3. The van der Waals surface area contributed by atoms with Crippen molar-refractivity contribution in [3.05, 3.63) is 77.9 Å². The van der Waals surface area contributed by atoms with E-state index in [1.165, 1.54) is 6.07 Å². The smallest absolute Gasteiger partial charge is 0.326 e. The highest BCUT2D eigenvalue weighted by Gasteiger charge is 2.30. The zero-order chi connectivity index (χ0) is 23.0. The monoisotopic (exact) mass is 449 g/mol. The molecular formula is C26H22F3N3O. The van der Waals surface area contributed by atoms with Gasteiger partial charge in [0.2, 0.25) is 5.95 Å². The Labute approximate surface area is 188 Å². The number of rotatable bonds is 5. The molecule has 0 radical (unpaired) electrons. The number of aromatic nitrogens is 2. The maximum atomic E-state index is 12.9. The van der Waals surface area contributed by atoms with Crippen LogP contribution in [0.2, 0.25) is 0 Å². The number of imidazole rings is 1. The van der Waals surface area contributed by atoms with Gasteiger partial charge in [0.1, 0.15) is 0 Å². The summed E-state index contributed by atoms with van der Waals surface area (Å²) in [6.07, 6.45) is -0.146. The van der Waals surface area contributed by atoms with Gasteiger partial charge in [0.05, 0.1) is 16.6 Å². The number of carbonyl (C=O) groups excluding carboxylic acids is 1. The Balaban J connectivity index is 1.29. The van der Waals surface area contributed by atoms with E-state index in [0.29, 0.717) is 17.0 Å². The van der Waals surface area contributed by atoms with Crippen molar-refractivity contribution < 1.29 is 18.0 Å². The second-order valence-electron chi connectivity index (χ2n) is 8.44. The highest BCUT2D eigenvalue weighted by Crippen LogP contribution is 2.32. The number of hydrogen-bond acceptors (Lipinski definition) is 3. The fourth-order valence-corrected chi connectivity index (χ4v) is 4.38. The van der Waals surface area contributed by atoms with Crippen molar-refractivity contribution in [2.75, 3.05) is 5.32 Å².